The number of imide groups is 1. The van der Waals surface area contributed by atoms with Crippen molar-refractivity contribution in [3.63, 3.8) is 0 Å². The number of ether oxygens (including phenoxy) is 1. The van der Waals surface area contributed by atoms with E-state index in [0.717, 1.165) is 19.3 Å². The molecule has 0 bridgehead atoms. The summed E-state index contributed by atoms with van der Waals surface area (Å²) in [6.07, 6.45) is 2.86. The minimum atomic E-state index is -0.665. The first-order valence-electron chi connectivity index (χ1n) is 9.70. The number of likely N-dealkylation sites (tertiary alicyclic amines) is 2. The second-order valence-electron chi connectivity index (χ2n) is 7.64. The van der Waals surface area contributed by atoms with E-state index in [4.69, 9.17) is 4.74 Å². The number of nitro benzene ring substituents is 1. The Balaban J connectivity index is 1.75. The minimum Gasteiger partial charge on any atom is -0.415 e. The largest absolute Gasteiger partial charge is 0.525 e. The quantitative estimate of drug-likeness (QED) is 0.236. The fourth-order valence-corrected chi connectivity index (χ4v) is 4.78. The summed E-state index contributed by atoms with van der Waals surface area (Å²) in [7, 11) is 0. The zero-order valence-electron chi connectivity index (χ0n) is 16.1. The molecule has 29 heavy (non-hydrogen) atoms. The molecule has 2 unspecified atom stereocenters. The van der Waals surface area contributed by atoms with Crippen LogP contribution in [-0.2, 0) is 16.1 Å². The molecular weight excluding hydrogens is 398 g/mol. The molecule has 9 nitrogen and oxygen atoms in total. The maximum absolute atomic E-state index is 13.0. The van der Waals surface area contributed by atoms with Gasteiger partial charge in [0.2, 0.25) is 0 Å². The molecule has 10 heteroatoms. The maximum atomic E-state index is 13.0. The lowest BCUT2D eigenvalue weighted by Crippen LogP contribution is -2.64. The molecule has 2 saturated heterocycles. The first kappa shape index (κ1) is 21.7. The van der Waals surface area contributed by atoms with Gasteiger partial charge in [-0.05, 0) is 30.5 Å². The van der Waals surface area contributed by atoms with Gasteiger partial charge in [-0.1, -0.05) is 6.42 Å². The molecule has 1 aromatic rings. The van der Waals surface area contributed by atoms with Gasteiger partial charge in [-0.25, -0.2) is 9.69 Å². The third-order valence-electron chi connectivity index (χ3n) is 5.83. The third-order valence-corrected chi connectivity index (χ3v) is 6.21. The van der Waals surface area contributed by atoms with E-state index in [0.29, 0.717) is 24.9 Å². The molecule has 2 aliphatic heterocycles. The van der Waals surface area contributed by atoms with Crippen molar-refractivity contribution in [1.82, 2.24) is 4.90 Å². The van der Waals surface area contributed by atoms with Gasteiger partial charge >= 0.3 is 12.5 Å². The van der Waals surface area contributed by atoms with Crippen LogP contribution in [0.1, 0.15) is 31.2 Å². The van der Waals surface area contributed by atoms with E-state index in [-0.39, 0.29) is 36.7 Å². The van der Waals surface area contributed by atoms with Crippen LogP contribution in [-0.4, -0.2) is 69.1 Å². The Hall–Kier alpha value is -2.01. The van der Waals surface area contributed by atoms with Gasteiger partial charge < -0.3 is 9.84 Å². The second kappa shape index (κ2) is 9.21. The van der Waals surface area contributed by atoms with Gasteiger partial charge in [0.25, 0.3) is 5.69 Å². The summed E-state index contributed by atoms with van der Waals surface area (Å²) in [5, 5.41) is 20.4. The molecule has 0 aliphatic carbocycles. The third kappa shape index (κ3) is 4.45. The number of aliphatic hydroxyl groups excluding tert-OH is 1. The number of non-ortho nitro benzene ring substituents is 1. The van der Waals surface area contributed by atoms with E-state index < -0.39 is 21.7 Å². The molecule has 3 rings (SSSR count). The van der Waals surface area contributed by atoms with Crippen molar-refractivity contribution in [1.29, 1.82) is 0 Å². The van der Waals surface area contributed by atoms with Gasteiger partial charge in [0.15, 0.2) is 6.17 Å². The number of hydrogen-bond acceptors (Lipinski definition) is 8. The average Bonchev–Trinajstić information content (AvgIpc) is 3.09. The molecule has 0 spiro atoms. The molecule has 2 aliphatic rings. The summed E-state index contributed by atoms with van der Waals surface area (Å²) in [5.41, 5.74) is 0.548. The van der Waals surface area contributed by atoms with E-state index in [9.17, 15) is 24.8 Å². The molecule has 2 heterocycles. The standard InChI is InChI=1S/C19H25N3O6S/c23-11-16-3-1-2-8-20(16)18-9-17(29)10-22(18,13-24)19(25)28-12-14-4-6-15(7-5-14)21(26)27/h4-7,13,16-18,23H,1-3,8-12H2/p+1/t16?,17-,18-,22?/m0/s1. The van der Waals surface area contributed by atoms with Gasteiger partial charge in [-0.15, -0.1) is 4.48 Å². The second-order valence-corrected chi connectivity index (χ2v) is 8.37. The van der Waals surface area contributed by atoms with Crippen molar-refractivity contribution in [2.75, 3.05) is 19.7 Å². The molecule has 4 atom stereocenters. The summed E-state index contributed by atoms with van der Waals surface area (Å²) >= 11 is 4.53. The van der Waals surface area contributed by atoms with Gasteiger partial charge in [0.1, 0.15) is 13.2 Å². The summed E-state index contributed by atoms with van der Waals surface area (Å²) in [6, 6.07) is 5.63. The van der Waals surface area contributed by atoms with Crippen molar-refractivity contribution in [3.8, 4) is 0 Å². The number of hydrogen-bond donors (Lipinski definition) is 2. The number of carbonyl (C=O) groups excluding carboxylic acids is 2. The Kier molecular flexibility index (Phi) is 6.89. The summed E-state index contributed by atoms with van der Waals surface area (Å²) < 4.78 is 4.95. The Morgan fingerprint density at radius 2 is 2.10 bits per heavy atom. The normalized spacial score (nSPS) is 30.1. The van der Waals surface area contributed by atoms with E-state index >= 15 is 0 Å². The van der Waals surface area contributed by atoms with Crippen LogP contribution in [0.4, 0.5) is 10.5 Å². The SMILES string of the molecule is O=C[N+]1(C(=O)OCc2ccc([N+](=O)[O-])cc2)C[C@@H](S)C[C@H]1N1CCCCC1CO. The number of carbonyl (C=O) groups is 2. The van der Waals surface area contributed by atoms with Crippen molar-refractivity contribution >= 4 is 30.8 Å². The highest BCUT2D eigenvalue weighted by Gasteiger charge is 2.57. The predicted octanol–water partition coefficient (Wildman–Crippen LogP) is 2.08. The molecule has 158 valence electrons. The Morgan fingerprint density at radius 1 is 1.38 bits per heavy atom. The number of aliphatic hydroxyl groups is 1. The van der Waals surface area contributed by atoms with E-state index in [1.165, 1.54) is 24.3 Å². The van der Waals surface area contributed by atoms with Gasteiger partial charge in [0.05, 0.1) is 16.8 Å². The molecule has 0 aromatic heterocycles. The monoisotopic (exact) mass is 424 g/mol. The number of rotatable bonds is 6. The van der Waals surface area contributed by atoms with Gasteiger partial charge in [-0.2, -0.15) is 17.4 Å². The number of quaternary nitrogens is 1. The predicted molar refractivity (Wildman–Crippen MR) is 107 cm³/mol. The first-order chi connectivity index (χ1) is 13.9. The fraction of sp³-hybridized carbons (Fsp3) is 0.579. The maximum Gasteiger partial charge on any atom is 0.525 e. The van der Waals surface area contributed by atoms with Gasteiger partial charge in [-0.3, -0.25) is 10.1 Å². The highest BCUT2D eigenvalue weighted by molar-refractivity contribution is 7.81. The van der Waals surface area contributed by atoms with Crippen LogP contribution in [0.15, 0.2) is 24.3 Å². The lowest BCUT2D eigenvalue weighted by molar-refractivity contribution is -0.801. The molecule has 0 saturated carbocycles. The fourth-order valence-electron chi connectivity index (χ4n) is 4.32. The van der Waals surface area contributed by atoms with Crippen molar-refractivity contribution in [2.24, 2.45) is 0 Å². The number of thiol groups is 1. The highest BCUT2D eigenvalue weighted by atomic mass is 32.1. The van der Waals surface area contributed by atoms with E-state index in [1.54, 1.807) is 0 Å². The molecule has 1 aromatic carbocycles. The number of nitro groups is 1. The lowest BCUT2D eigenvalue weighted by Gasteiger charge is -2.42. The van der Waals surface area contributed by atoms with Crippen molar-refractivity contribution in [2.45, 2.75) is 49.7 Å². The Labute approximate surface area is 174 Å². The van der Waals surface area contributed by atoms with Crippen LogP contribution in [0.3, 0.4) is 0 Å². The minimum absolute atomic E-state index is 0.0234. The molecule has 2 amide bonds. The Morgan fingerprint density at radius 3 is 2.72 bits per heavy atom. The van der Waals surface area contributed by atoms with Crippen LogP contribution in [0.5, 0.6) is 0 Å². The van der Waals surface area contributed by atoms with E-state index in [2.05, 4.69) is 17.5 Å². The number of amides is 2. The lowest BCUT2D eigenvalue weighted by atomic mass is 10.0. The zero-order valence-corrected chi connectivity index (χ0v) is 16.9. The molecule has 0 radical (unpaired) electrons. The van der Waals surface area contributed by atoms with Crippen LogP contribution in [0.25, 0.3) is 0 Å². The molecule has 2 fully saturated rings. The molecular formula is C19H26N3O6S+. The van der Waals surface area contributed by atoms with Gasteiger partial charge in [0, 0.05) is 31.1 Å². The average molecular weight is 424 g/mol. The van der Waals surface area contributed by atoms with Crippen molar-refractivity contribution in [3.05, 3.63) is 39.9 Å². The number of piperidine rings is 1. The van der Waals surface area contributed by atoms with Crippen LogP contribution in [0, 0.1) is 10.1 Å². The Bertz CT molecular complexity index is 761. The molecule has 1 N–H and O–H groups in total. The summed E-state index contributed by atoms with van der Waals surface area (Å²) in [6.45, 7) is 0.827. The van der Waals surface area contributed by atoms with Crippen LogP contribution >= 0.6 is 12.6 Å². The summed E-state index contributed by atoms with van der Waals surface area (Å²) in [5.74, 6) is 0. The van der Waals surface area contributed by atoms with E-state index in [1.807, 2.05) is 0 Å². The van der Waals surface area contributed by atoms with Crippen LogP contribution < -0.4 is 0 Å². The number of benzene rings is 1. The first-order valence-corrected chi connectivity index (χ1v) is 10.2. The zero-order chi connectivity index (χ0) is 21.0. The highest BCUT2D eigenvalue weighted by Crippen LogP contribution is 2.35. The van der Waals surface area contributed by atoms with Crippen LogP contribution in [0.2, 0.25) is 0 Å². The number of nitrogens with zero attached hydrogens (tertiary/aromatic N) is 3. The summed E-state index contributed by atoms with van der Waals surface area (Å²) in [4.78, 5) is 37.5. The van der Waals surface area contributed by atoms with Crippen molar-refractivity contribution < 1.29 is 28.8 Å². The topological polar surface area (TPSA) is 110 Å². The smallest absolute Gasteiger partial charge is 0.415 e.